The van der Waals surface area contributed by atoms with Crippen LogP contribution in [0.4, 0.5) is 0 Å². The predicted molar refractivity (Wildman–Crippen MR) is 94.1 cm³/mol. The van der Waals surface area contributed by atoms with E-state index in [1.54, 1.807) is 50.2 Å². The molecule has 6 nitrogen and oxygen atoms in total. The summed E-state index contributed by atoms with van der Waals surface area (Å²) in [6.45, 7) is 4.74. The summed E-state index contributed by atoms with van der Waals surface area (Å²) in [5, 5.41) is 2.72. The first kappa shape index (κ1) is 18.7. The van der Waals surface area contributed by atoms with Gasteiger partial charge in [-0.1, -0.05) is 26.0 Å². The molecule has 1 amide bonds. The second kappa shape index (κ2) is 7.96. The van der Waals surface area contributed by atoms with Crippen molar-refractivity contribution in [3.8, 4) is 0 Å². The zero-order valence-electron chi connectivity index (χ0n) is 13.5. The largest absolute Gasteiger partial charge is 0.444 e. The summed E-state index contributed by atoms with van der Waals surface area (Å²) in [6, 6.07) is 9.70. The zero-order chi connectivity index (χ0) is 17.7. The first-order chi connectivity index (χ1) is 11.4. The number of rotatable bonds is 7. The Morgan fingerprint density at radius 1 is 1.12 bits per heavy atom. The topological polar surface area (TPSA) is 79.6 Å². The van der Waals surface area contributed by atoms with E-state index in [2.05, 4.69) is 21.2 Å². The molecule has 2 aromatic rings. The Kier molecular flexibility index (Phi) is 6.20. The Balaban J connectivity index is 2.03. The summed E-state index contributed by atoms with van der Waals surface area (Å²) in [5.41, 5.74) is 0.799. The number of carbonyl (C=O) groups excluding carboxylic acids is 1. The minimum Gasteiger partial charge on any atom is -0.444 e. The summed E-state index contributed by atoms with van der Waals surface area (Å²) in [5.74, 6) is -0.122. The number of sulfonamides is 1. The van der Waals surface area contributed by atoms with E-state index in [4.69, 9.17) is 4.42 Å². The molecule has 1 aromatic carbocycles. The molecule has 1 heterocycles. The number of nitrogens with one attached hydrogen (secondary N) is 1. The van der Waals surface area contributed by atoms with Crippen LogP contribution in [0.3, 0.4) is 0 Å². The monoisotopic (exact) mass is 414 g/mol. The van der Waals surface area contributed by atoms with Crippen molar-refractivity contribution in [2.75, 3.05) is 13.1 Å². The fraction of sp³-hybridized carbons (Fsp3) is 0.312. The molecule has 1 N–H and O–H groups in total. The lowest BCUT2D eigenvalue weighted by atomic mass is 10.2. The van der Waals surface area contributed by atoms with Gasteiger partial charge in [-0.15, -0.1) is 0 Å². The Morgan fingerprint density at radius 3 is 2.25 bits per heavy atom. The van der Waals surface area contributed by atoms with Crippen molar-refractivity contribution in [2.24, 2.45) is 0 Å². The van der Waals surface area contributed by atoms with Gasteiger partial charge in [0.05, 0.1) is 4.90 Å². The average Bonchev–Trinajstić information content (AvgIpc) is 3.00. The van der Waals surface area contributed by atoms with Crippen LogP contribution in [0, 0.1) is 0 Å². The third kappa shape index (κ3) is 4.25. The van der Waals surface area contributed by atoms with Crippen molar-refractivity contribution in [2.45, 2.75) is 25.3 Å². The van der Waals surface area contributed by atoms with E-state index in [9.17, 15) is 13.2 Å². The van der Waals surface area contributed by atoms with Gasteiger partial charge in [0.25, 0.3) is 5.91 Å². The molecule has 0 fully saturated rings. The average molecular weight is 415 g/mol. The lowest BCUT2D eigenvalue weighted by Gasteiger charge is -2.18. The highest BCUT2D eigenvalue weighted by molar-refractivity contribution is 9.10. The zero-order valence-corrected chi connectivity index (χ0v) is 15.9. The van der Waals surface area contributed by atoms with Crippen LogP contribution in [0.2, 0.25) is 0 Å². The Morgan fingerprint density at radius 2 is 1.75 bits per heavy atom. The fourth-order valence-corrected chi connectivity index (χ4v) is 3.96. The molecule has 0 aliphatic heterocycles. The van der Waals surface area contributed by atoms with Crippen LogP contribution >= 0.6 is 15.9 Å². The molecule has 0 unspecified atom stereocenters. The van der Waals surface area contributed by atoms with Gasteiger partial charge in [-0.3, -0.25) is 4.79 Å². The van der Waals surface area contributed by atoms with E-state index in [0.717, 1.165) is 5.56 Å². The molecule has 0 spiro atoms. The maximum Gasteiger partial charge on any atom is 0.287 e. The maximum atomic E-state index is 12.4. The molecule has 0 aliphatic carbocycles. The molecular formula is C16H19BrN2O4S. The van der Waals surface area contributed by atoms with Gasteiger partial charge in [-0.25, -0.2) is 8.42 Å². The van der Waals surface area contributed by atoms with Crippen molar-refractivity contribution >= 4 is 31.9 Å². The van der Waals surface area contributed by atoms with E-state index < -0.39 is 10.0 Å². The normalized spacial score (nSPS) is 11.7. The van der Waals surface area contributed by atoms with E-state index in [-0.39, 0.29) is 23.1 Å². The molecule has 1 aromatic heterocycles. The summed E-state index contributed by atoms with van der Waals surface area (Å²) in [6.07, 6.45) is 0. The first-order valence-electron chi connectivity index (χ1n) is 7.51. The van der Waals surface area contributed by atoms with E-state index in [0.29, 0.717) is 17.8 Å². The number of furan rings is 1. The number of hydrogen-bond donors (Lipinski definition) is 1. The Labute approximate surface area is 150 Å². The summed E-state index contributed by atoms with van der Waals surface area (Å²) in [7, 11) is -3.46. The highest BCUT2D eigenvalue weighted by atomic mass is 79.9. The number of amides is 1. The van der Waals surface area contributed by atoms with Crippen LogP contribution in [0.5, 0.6) is 0 Å². The Bertz CT molecular complexity index is 796. The molecule has 0 aliphatic rings. The molecular weight excluding hydrogens is 396 g/mol. The molecule has 0 bridgehead atoms. The molecule has 0 saturated heterocycles. The predicted octanol–water partition coefficient (Wildman–Crippen LogP) is 3.00. The van der Waals surface area contributed by atoms with E-state index in [1.807, 2.05) is 0 Å². The van der Waals surface area contributed by atoms with Gasteiger partial charge in [-0.05, 0) is 45.8 Å². The SMILES string of the molecule is CCN(CC)S(=O)(=O)c1ccc(CNC(=O)c2ccc(Br)o2)cc1. The van der Waals surface area contributed by atoms with Gasteiger partial charge < -0.3 is 9.73 Å². The first-order valence-corrected chi connectivity index (χ1v) is 9.74. The number of benzene rings is 1. The van der Waals surface area contributed by atoms with Crippen LogP contribution in [-0.2, 0) is 16.6 Å². The molecule has 0 radical (unpaired) electrons. The molecule has 2 rings (SSSR count). The number of halogens is 1. The summed E-state index contributed by atoms with van der Waals surface area (Å²) in [4.78, 5) is 12.1. The number of carbonyl (C=O) groups is 1. The van der Waals surface area contributed by atoms with E-state index in [1.165, 1.54) is 4.31 Å². The molecule has 24 heavy (non-hydrogen) atoms. The molecule has 130 valence electrons. The van der Waals surface area contributed by atoms with Crippen molar-refractivity contribution in [1.82, 2.24) is 9.62 Å². The standard InChI is InChI=1S/C16H19BrN2O4S/c1-3-19(4-2)24(21,22)13-7-5-12(6-8-13)11-18-16(20)14-9-10-15(17)23-14/h5-10H,3-4,11H2,1-2H3,(H,18,20). The highest BCUT2D eigenvalue weighted by Crippen LogP contribution is 2.17. The molecule has 0 saturated carbocycles. The lowest BCUT2D eigenvalue weighted by molar-refractivity contribution is 0.0922. The second-order valence-electron chi connectivity index (χ2n) is 5.02. The number of hydrogen-bond acceptors (Lipinski definition) is 4. The van der Waals surface area contributed by atoms with Crippen LogP contribution in [-0.4, -0.2) is 31.7 Å². The van der Waals surface area contributed by atoms with E-state index >= 15 is 0 Å². The maximum absolute atomic E-state index is 12.4. The van der Waals surface area contributed by atoms with Crippen molar-refractivity contribution < 1.29 is 17.6 Å². The van der Waals surface area contributed by atoms with Gasteiger partial charge >= 0.3 is 0 Å². The fourth-order valence-electron chi connectivity index (χ4n) is 2.20. The summed E-state index contributed by atoms with van der Waals surface area (Å²) >= 11 is 3.14. The van der Waals surface area contributed by atoms with Gasteiger partial charge in [0.15, 0.2) is 10.4 Å². The molecule has 8 heteroatoms. The van der Waals surface area contributed by atoms with Gasteiger partial charge in [-0.2, -0.15) is 4.31 Å². The molecule has 0 atom stereocenters. The summed E-state index contributed by atoms with van der Waals surface area (Å²) < 4.78 is 31.9. The minimum atomic E-state index is -3.46. The Hall–Kier alpha value is -1.64. The van der Waals surface area contributed by atoms with Crippen molar-refractivity contribution in [3.05, 3.63) is 52.4 Å². The van der Waals surface area contributed by atoms with Crippen LogP contribution < -0.4 is 5.32 Å². The van der Waals surface area contributed by atoms with Crippen LogP contribution in [0.15, 0.2) is 50.4 Å². The van der Waals surface area contributed by atoms with Gasteiger partial charge in [0.2, 0.25) is 10.0 Å². The van der Waals surface area contributed by atoms with Crippen molar-refractivity contribution in [3.63, 3.8) is 0 Å². The minimum absolute atomic E-state index is 0.211. The second-order valence-corrected chi connectivity index (χ2v) is 7.74. The number of nitrogens with zero attached hydrogens (tertiary/aromatic N) is 1. The van der Waals surface area contributed by atoms with Crippen LogP contribution in [0.1, 0.15) is 30.0 Å². The quantitative estimate of drug-likeness (QED) is 0.754. The van der Waals surface area contributed by atoms with Gasteiger partial charge in [0.1, 0.15) is 0 Å². The van der Waals surface area contributed by atoms with Crippen molar-refractivity contribution in [1.29, 1.82) is 0 Å². The third-order valence-electron chi connectivity index (χ3n) is 3.52. The smallest absolute Gasteiger partial charge is 0.287 e. The highest BCUT2D eigenvalue weighted by Gasteiger charge is 2.21. The van der Waals surface area contributed by atoms with Gasteiger partial charge in [0, 0.05) is 19.6 Å². The third-order valence-corrected chi connectivity index (χ3v) is 6.01. The lowest BCUT2D eigenvalue weighted by Crippen LogP contribution is -2.30. The van der Waals surface area contributed by atoms with Crippen LogP contribution in [0.25, 0.3) is 0 Å².